The van der Waals surface area contributed by atoms with Gasteiger partial charge in [0, 0.05) is 28.6 Å². The van der Waals surface area contributed by atoms with Crippen LogP contribution in [0.1, 0.15) is 9.67 Å². The summed E-state index contributed by atoms with van der Waals surface area (Å²) in [4.78, 5) is 16.5. The summed E-state index contributed by atoms with van der Waals surface area (Å²) in [5.74, 6) is 0.613. The highest BCUT2D eigenvalue weighted by atomic mass is 32.1. The molecule has 0 saturated carbocycles. The number of nitrogens with zero attached hydrogens (tertiary/aromatic N) is 1. The minimum absolute atomic E-state index is 0.311. The molecular weight excluding hydrogens is 338 g/mol. The molecule has 0 radical (unpaired) electrons. The van der Waals surface area contributed by atoms with Crippen LogP contribution in [-0.4, -0.2) is 38.1 Å². The number of carbonyl (C=O) groups excluding carboxylic acids is 1. The lowest BCUT2D eigenvalue weighted by atomic mass is 10.1. The van der Waals surface area contributed by atoms with Crippen LogP contribution in [0.3, 0.4) is 0 Å². The number of alkyl halides is 2. The molecule has 0 fully saturated rings. The lowest BCUT2D eigenvalue weighted by molar-refractivity contribution is 0.0895. The average Bonchev–Trinajstić information content (AvgIpc) is 3.02. The van der Waals surface area contributed by atoms with Crippen molar-refractivity contribution < 1.29 is 23.0 Å². The summed E-state index contributed by atoms with van der Waals surface area (Å²) in [6, 6.07) is 3.42. The summed E-state index contributed by atoms with van der Waals surface area (Å²) >= 11 is 1.17. The fourth-order valence-electron chi connectivity index (χ4n) is 2.56. The zero-order valence-corrected chi connectivity index (χ0v) is 13.7. The van der Waals surface area contributed by atoms with Gasteiger partial charge < -0.3 is 14.8 Å². The van der Waals surface area contributed by atoms with Gasteiger partial charge in [0.15, 0.2) is 0 Å². The first-order chi connectivity index (χ1) is 11.6. The van der Waals surface area contributed by atoms with Gasteiger partial charge in [-0.05, 0) is 12.1 Å². The molecule has 126 valence electrons. The maximum Gasteiger partial charge on any atom is 0.261 e. The molecule has 8 heteroatoms. The first kappa shape index (κ1) is 16.4. The van der Waals surface area contributed by atoms with Gasteiger partial charge in [-0.25, -0.2) is 8.78 Å². The minimum atomic E-state index is -2.60. The van der Waals surface area contributed by atoms with Crippen molar-refractivity contribution in [1.29, 1.82) is 0 Å². The van der Waals surface area contributed by atoms with Crippen LogP contribution < -0.4 is 14.8 Å². The number of ether oxygens (including phenoxy) is 2. The Hall–Kier alpha value is -2.48. The molecular formula is C16H14F2N2O3S. The number of halogens is 2. The largest absolute Gasteiger partial charge is 0.495 e. The zero-order valence-electron chi connectivity index (χ0n) is 12.9. The van der Waals surface area contributed by atoms with E-state index in [4.69, 9.17) is 9.47 Å². The Labute approximate surface area is 140 Å². The Balaban J connectivity index is 2.20. The number of thiophene rings is 1. The molecule has 0 aliphatic rings. The fraction of sp³-hybridized carbons (Fsp3) is 0.250. The molecule has 3 rings (SSSR count). The van der Waals surface area contributed by atoms with Crippen LogP contribution in [-0.2, 0) is 0 Å². The number of benzene rings is 1. The van der Waals surface area contributed by atoms with Crippen molar-refractivity contribution in [3.05, 3.63) is 29.4 Å². The van der Waals surface area contributed by atoms with E-state index in [1.54, 1.807) is 24.5 Å². The third-order valence-electron chi connectivity index (χ3n) is 3.54. The van der Waals surface area contributed by atoms with Gasteiger partial charge in [0.2, 0.25) is 0 Å². The first-order valence-electron chi connectivity index (χ1n) is 7.04. The van der Waals surface area contributed by atoms with Crippen LogP contribution in [0.15, 0.2) is 24.5 Å². The molecule has 5 nitrogen and oxygen atoms in total. The van der Waals surface area contributed by atoms with Crippen LogP contribution in [0.25, 0.3) is 20.9 Å². The second kappa shape index (κ2) is 6.56. The highest BCUT2D eigenvalue weighted by Crippen LogP contribution is 2.45. The molecule has 0 saturated heterocycles. The average molecular weight is 352 g/mol. The molecule has 1 aromatic carbocycles. The summed E-state index contributed by atoms with van der Waals surface area (Å²) in [5.41, 5.74) is 0. The summed E-state index contributed by atoms with van der Waals surface area (Å²) in [7, 11) is 3.07. The van der Waals surface area contributed by atoms with Gasteiger partial charge in [0.05, 0.1) is 30.3 Å². The number of nitrogens with one attached hydrogen (secondary N) is 1. The third kappa shape index (κ3) is 2.73. The van der Waals surface area contributed by atoms with Crippen molar-refractivity contribution in [2.24, 2.45) is 0 Å². The van der Waals surface area contributed by atoms with E-state index in [0.717, 1.165) is 15.5 Å². The van der Waals surface area contributed by atoms with Gasteiger partial charge in [0.25, 0.3) is 12.3 Å². The number of hydrogen-bond acceptors (Lipinski definition) is 5. The second-order valence-electron chi connectivity index (χ2n) is 4.94. The normalized spacial score (nSPS) is 11.2. The Morgan fingerprint density at radius 1 is 1.25 bits per heavy atom. The van der Waals surface area contributed by atoms with E-state index in [0.29, 0.717) is 21.8 Å². The third-order valence-corrected chi connectivity index (χ3v) is 4.67. The standard InChI is InChI=1S/C16H14F2N2O3S/c1-22-13-9-5-11(16(21)20-7-12(17)18)24-15(9)14(23-2)8-3-4-19-6-10(8)13/h3-6,12H,7H2,1-2H3,(H,20,21). The molecule has 0 unspecified atom stereocenters. The first-order valence-corrected chi connectivity index (χ1v) is 7.86. The molecule has 0 aliphatic carbocycles. The smallest absolute Gasteiger partial charge is 0.261 e. The second-order valence-corrected chi connectivity index (χ2v) is 5.99. The molecule has 24 heavy (non-hydrogen) atoms. The van der Waals surface area contributed by atoms with E-state index in [9.17, 15) is 13.6 Å². The Bertz CT molecular complexity index is 851. The monoisotopic (exact) mass is 352 g/mol. The van der Waals surface area contributed by atoms with E-state index in [1.165, 1.54) is 25.6 Å². The molecule has 3 aromatic rings. The number of fused-ring (bicyclic) bond motifs is 2. The minimum Gasteiger partial charge on any atom is -0.495 e. The van der Waals surface area contributed by atoms with Crippen LogP contribution in [0.5, 0.6) is 11.5 Å². The Morgan fingerprint density at radius 3 is 2.67 bits per heavy atom. The van der Waals surface area contributed by atoms with E-state index in [2.05, 4.69) is 10.3 Å². The van der Waals surface area contributed by atoms with E-state index < -0.39 is 18.9 Å². The van der Waals surface area contributed by atoms with Crippen LogP contribution in [0.2, 0.25) is 0 Å². The number of carbonyl (C=O) groups is 1. The predicted octanol–water partition coefficient (Wildman–Crippen LogP) is 3.46. The number of amides is 1. The van der Waals surface area contributed by atoms with Gasteiger partial charge in [-0.1, -0.05) is 0 Å². The van der Waals surface area contributed by atoms with Crippen LogP contribution in [0, 0.1) is 0 Å². The summed E-state index contributed by atoms with van der Waals surface area (Å²) in [6.45, 7) is -0.687. The number of methoxy groups -OCH3 is 2. The molecule has 0 atom stereocenters. The molecule has 2 aromatic heterocycles. The van der Waals surface area contributed by atoms with E-state index in [-0.39, 0.29) is 0 Å². The van der Waals surface area contributed by atoms with Crippen molar-refractivity contribution in [2.75, 3.05) is 20.8 Å². The van der Waals surface area contributed by atoms with Crippen LogP contribution >= 0.6 is 11.3 Å². The molecule has 0 spiro atoms. The van der Waals surface area contributed by atoms with Gasteiger partial charge in [-0.3, -0.25) is 9.78 Å². The number of hydrogen-bond donors (Lipinski definition) is 1. The lowest BCUT2D eigenvalue weighted by Gasteiger charge is -2.11. The van der Waals surface area contributed by atoms with Gasteiger partial charge in [-0.15, -0.1) is 11.3 Å². The zero-order chi connectivity index (χ0) is 17.3. The van der Waals surface area contributed by atoms with Crippen LogP contribution in [0.4, 0.5) is 8.78 Å². The fourth-order valence-corrected chi connectivity index (χ4v) is 3.67. The van der Waals surface area contributed by atoms with Gasteiger partial charge in [-0.2, -0.15) is 0 Å². The van der Waals surface area contributed by atoms with Crippen molar-refractivity contribution in [2.45, 2.75) is 6.43 Å². The number of pyridine rings is 1. The molecule has 1 amide bonds. The number of rotatable bonds is 5. The van der Waals surface area contributed by atoms with E-state index in [1.807, 2.05) is 0 Å². The Kier molecular flexibility index (Phi) is 4.48. The quantitative estimate of drug-likeness (QED) is 0.764. The van der Waals surface area contributed by atoms with Crippen molar-refractivity contribution in [1.82, 2.24) is 10.3 Å². The predicted molar refractivity (Wildman–Crippen MR) is 88.6 cm³/mol. The molecule has 0 aliphatic heterocycles. The van der Waals surface area contributed by atoms with E-state index >= 15 is 0 Å². The highest BCUT2D eigenvalue weighted by molar-refractivity contribution is 7.21. The molecule has 2 heterocycles. The lowest BCUT2D eigenvalue weighted by Crippen LogP contribution is -2.27. The summed E-state index contributed by atoms with van der Waals surface area (Å²) < 4.78 is 36.3. The Morgan fingerprint density at radius 2 is 2.00 bits per heavy atom. The molecule has 0 bridgehead atoms. The van der Waals surface area contributed by atoms with Crippen molar-refractivity contribution in [3.8, 4) is 11.5 Å². The molecule has 1 N–H and O–H groups in total. The maximum atomic E-state index is 12.3. The van der Waals surface area contributed by atoms with Gasteiger partial charge in [0.1, 0.15) is 11.5 Å². The topological polar surface area (TPSA) is 60.5 Å². The highest BCUT2D eigenvalue weighted by Gasteiger charge is 2.21. The SMILES string of the molecule is COc1c2cnccc2c(OC)c2sc(C(=O)NCC(F)F)cc12. The number of aromatic nitrogens is 1. The summed E-state index contributed by atoms with van der Waals surface area (Å²) in [5, 5.41) is 4.44. The van der Waals surface area contributed by atoms with Crippen molar-refractivity contribution >= 4 is 38.1 Å². The van der Waals surface area contributed by atoms with Gasteiger partial charge >= 0.3 is 0 Å². The maximum absolute atomic E-state index is 12.3. The van der Waals surface area contributed by atoms with Crippen molar-refractivity contribution in [3.63, 3.8) is 0 Å². The summed E-state index contributed by atoms with van der Waals surface area (Å²) in [6.07, 6.45) is 0.700.